The lowest BCUT2D eigenvalue weighted by molar-refractivity contribution is -0.136. The van der Waals surface area contributed by atoms with Gasteiger partial charge in [-0.3, -0.25) is 19.7 Å². The van der Waals surface area contributed by atoms with Gasteiger partial charge in [-0.15, -0.1) is 0 Å². The molecule has 1 saturated heterocycles. The average Bonchev–Trinajstić information content (AvgIpc) is 3.34. The zero-order chi connectivity index (χ0) is 20.7. The SMILES string of the molecule is O=C1CCC(N2Cc3c(CNCc4cccc5c4CNC5)cccc3C2=O)C(=O)N1. The Morgan fingerprint density at radius 1 is 0.967 bits per heavy atom. The summed E-state index contributed by atoms with van der Waals surface area (Å²) in [5.74, 6) is -0.778. The molecule has 154 valence electrons. The lowest BCUT2D eigenvalue weighted by Crippen LogP contribution is -2.52. The van der Waals surface area contributed by atoms with Crippen LogP contribution in [-0.4, -0.2) is 28.7 Å². The minimum Gasteiger partial charge on any atom is -0.322 e. The zero-order valence-corrected chi connectivity index (χ0v) is 16.7. The fourth-order valence-electron chi connectivity index (χ4n) is 4.72. The van der Waals surface area contributed by atoms with E-state index in [0.29, 0.717) is 25.1 Å². The van der Waals surface area contributed by atoms with Crippen LogP contribution in [0.5, 0.6) is 0 Å². The molecule has 0 radical (unpaired) electrons. The van der Waals surface area contributed by atoms with Gasteiger partial charge in [0.25, 0.3) is 5.91 Å². The fraction of sp³-hybridized carbons (Fsp3) is 0.348. The Morgan fingerprint density at radius 3 is 2.53 bits per heavy atom. The minimum atomic E-state index is -0.581. The lowest BCUT2D eigenvalue weighted by atomic mass is 10.0. The zero-order valence-electron chi connectivity index (χ0n) is 16.7. The van der Waals surface area contributed by atoms with E-state index in [2.05, 4.69) is 34.1 Å². The number of hydrogen-bond donors (Lipinski definition) is 3. The summed E-state index contributed by atoms with van der Waals surface area (Å²) in [4.78, 5) is 38.2. The number of nitrogens with zero attached hydrogens (tertiary/aromatic N) is 1. The topological polar surface area (TPSA) is 90.5 Å². The minimum absolute atomic E-state index is 0.131. The first-order valence-electron chi connectivity index (χ1n) is 10.4. The third kappa shape index (κ3) is 3.30. The maximum Gasteiger partial charge on any atom is 0.255 e. The number of amides is 3. The molecule has 0 aromatic heterocycles. The van der Waals surface area contributed by atoms with Crippen molar-refractivity contribution in [2.24, 2.45) is 0 Å². The molecular formula is C23H24N4O3. The third-order valence-electron chi connectivity index (χ3n) is 6.30. The summed E-state index contributed by atoms with van der Waals surface area (Å²) < 4.78 is 0. The van der Waals surface area contributed by atoms with Crippen LogP contribution < -0.4 is 16.0 Å². The molecule has 5 rings (SSSR count). The second kappa shape index (κ2) is 7.66. The van der Waals surface area contributed by atoms with Crippen LogP contribution in [0.4, 0.5) is 0 Å². The highest BCUT2D eigenvalue weighted by Gasteiger charge is 2.39. The first kappa shape index (κ1) is 19.0. The molecule has 3 N–H and O–H groups in total. The molecule has 0 aliphatic carbocycles. The number of fused-ring (bicyclic) bond motifs is 2. The molecule has 1 unspecified atom stereocenters. The van der Waals surface area contributed by atoms with Crippen molar-refractivity contribution in [3.05, 3.63) is 69.8 Å². The summed E-state index contributed by atoms with van der Waals surface area (Å²) in [7, 11) is 0. The number of hydrogen-bond acceptors (Lipinski definition) is 5. The van der Waals surface area contributed by atoms with Gasteiger partial charge in [-0.25, -0.2) is 0 Å². The molecule has 30 heavy (non-hydrogen) atoms. The second-order valence-corrected chi connectivity index (χ2v) is 8.11. The molecule has 0 bridgehead atoms. The highest BCUT2D eigenvalue weighted by molar-refractivity contribution is 6.05. The molecule has 1 fully saturated rings. The lowest BCUT2D eigenvalue weighted by Gasteiger charge is -2.29. The largest absolute Gasteiger partial charge is 0.322 e. The van der Waals surface area contributed by atoms with Crippen molar-refractivity contribution in [1.29, 1.82) is 0 Å². The van der Waals surface area contributed by atoms with Gasteiger partial charge in [0.2, 0.25) is 11.8 Å². The number of piperidine rings is 1. The summed E-state index contributed by atoms with van der Waals surface area (Å²) in [6.45, 7) is 3.65. The van der Waals surface area contributed by atoms with Gasteiger partial charge in [0.05, 0.1) is 0 Å². The van der Waals surface area contributed by atoms with Crippen molar-refractivity contribution in [2.75, 3.05) is 0 Å². The van der Waals surface area contributed by atoms with Crippen LogP contribution in [0.15, 0.2) is 36.4 Å². The molecule has 3 heterocycles. The Balaban J connectivity index is 1.29. The van der Waals surface area contributed by atoms with E-state index in [4.69, 9.17) is 0 Å². The molecule has 3 aliphatic rings. The Kier molecular flexibility index (Phi) is 4.84. The van der Waals surface area contributed by atoms with Gasteiger partial charge in [0.1, 0.15) is 6.04 Å². The maximum atomic E-state index is 12.9. The molecule has 1 atom stereocenters. The predicted octanol–water partition coefficient (Wildman–Crippen LogP) is 1.34. The summed E-state index contributed by atoms with van der Waals surface area (Å²) >= 11 is 0. The van der Waals surface area contributed by atoms with Gasteiger partial charge in [-0.1, -0.05) is 30.3 Å². The number of carbonyl (C=O) groups is 3. The number of benzene rings is 2. The Hall–Kier alpha value is -3.03. The van der Waals surface area contributed by atoms with Gasteiger partial charge in [0, 0.05) is 44.7 Å². The van der Waals surface area contributed by atoms with E-state index in [1.807, 2.05) is 18.2 Å². The van der Waals surface area contributed by atoms with E-state index in [-0.39, 0.29) is 24.1 Å². The molecule has 0 spiro atoms. The van der Waals surface area contributed by atoms with E-state index in [9.17, 15) is 14.4 Å². The fourth-order valence-corrected chi connectivity index (χ4v) is 4.72. The van der Waals surface area contributed by atoms with Gasteiger partial charge in [-0.05, 0) is 40.3 Å². The quantitative estimate of drug-likeness (QED) is 0.655. The molecule has 3 aliphatic heterocycles. The second-order valence-electron chi connectivity index (χ2n) is 8.11. The Morgan fingerprint density at radius 2 is 1.73 bits per heavy atom. The van der Waals surface area contributed by atoms with E-state index in [1.165, 1.54) is 16.7 Å². The van der Waals surface area contributed by atoms with Gasteiger partial charge in [0.15, 0.2) is 0 Å². The predicted molar refractivity (Wildman–Crippen MR) is 110 cm³/mol. The maximum absolute atomic E-state index is 12.9. The molecular weight excluding hydrogens is 380 g/mol. The third-order valence-corrected chi connectivity index (χ3v) is 6.30. The van der Waals surface area contributed by atoms with E-state index >= 15 is 0 Å². The molecule has 2 aromatic rings. The number of nitrogens with one attached hydrogen (secondary N) is 3. The van der Waals surface area contributed by atoms with Gasteiger partial charge >= 0.3 is 0 Å². The molecule has 7 heteroatoms. The van der Waals surface area contributed by atoms with Crippen molar-refractivity contribution >= 4 is 17.7 Å². The number of rotatable bonds is 5. The van der Waals surface area contributed by atoms with Crippen LogP contribution in [0.25, 0.3) is 0 Å². The van der Waals surface area contributed by atoms with E-state index in [1.54, 1.807) is 4.90 Å². The standard InChI is InChI=1S/C23H24N4O3/c28-21-8-7-20(22(29)26-21)27-13-19-16(5-2-6-17(19)23(27)30)11-24-9-14-3-1-4-15-10-25-12-18(14)15/h1-6,20,24-25H,7-13H2,(H,26,28,29). The van der Waals surface area contributed by atoms with Crippen LogP contribution in [0.1, 0.15) is 51.0 Å². The summed E-state index contributed by atoms with van der Waals surface area (Å²) in [6.07, 6.45) is 0.645. The monoisotopic (exact) mass is 404 g/mol. The van der Waals surface area contributed by atoms with Gasteiger partial charge in [-0.2, -0.15) is 0 Å². The van der Waals surface area contributed by atoms with Crippen molar-refractivity contribution in [3.63, 3.8) is 0 Å². The van der Waals surface area contributed by atoms with Crippen molar-refractivity contribution in [2.45, 2.75) is 51.6 Å². The first-order valence-corrected chi connectivity index (χ1v) is 10.4. The highest BCUT2D eigenvalue weighted by Crippen LogP contribution is 2.30. The Bertz CT molecular complexity index is 1050. The first-order chi connectivity index (χ1) is 14.6. The van der Waals surface area contributed by atoms with E-state index < -0.39 is 6.04 Å². The van der Waals surface area contributed by atoms with Crippen molar-refractivity contribution in [3.8, 4) is 0 Å². The van der Waals surface area contributed by atoms with Crippen LogP contribution in [-0.2, 0) is 42.3 Å². The van der Waals surface area contributed by atoms with E-state index in [0.717, 1.165) is 30.8 Å². The summed E-state index contributed by atoms with van der Waals surface area (Å²) in [5.41, 5.74) is 6.74. The number of carbonyl (C=O) groups excluding carboxylic acids is 3. The molecule has 7 nitrogen and oxygen atoms in total. The number of imide groups is 1. The summed E-state index contributed by atoms with van der Waals surface area (Å²) in [6, 6.07) is 11.6. The molecule has 0 saturated carbocycles. The average molecular weight is 404 g/mol. The normalized spacial score (nSPS) is 20.3. The van der Waals surface area contributed by atoms with Gasteiger partial charge < -0.3 is 15.5 Å². The van der Waals surface area contributed by atoms with Crippen LogP contribution in [0, 0.1) is 0 Å². The molecule has 3 amide bonds. The smallest absolute Gasteiger partial charge is 0.255 e. The van der Waals surface area contributed by atoms with Crippen LogP contribution >= 0.6 is 0 Å². The van der Waals surface area contributed by atoms with Crippen LogP contribution in [0.2, 0.25) is 0 Å². The van der Waals surface area contributed by atoms with Crippen molar-refractivity contribution in [1.82, 2.24) is 20.9 Å². The highest BCUT2D eigenvalue weighted by atomic mass is 16.2. The molecule has 2 aromatic carbocycles. The Labute approximate surface area is 174 Å². The van der Waals surface area contributed by atoms with Crippen molar-refractivity contribution < 1.29 is 14.4 Å². The van der Waals surface area contributed by atoms with Crippen LogP contribution in [0.3, 0.4) is 0 Å². The summed E-state index contributed by atoms with van der Waals surface area (Å²) in [5, 5.41) is 9.26.